The van der Waals surface area contributed by atoms with Crippen molar-refractivity contribution >= 4 is 35.1 Å². The Kier molecular flexibility index (Phi) is 5.38. The molecule has 1 aromatic carbocycles. The molecule has 5 aliphatic heterocycles. The summed E-state index contributed by atoms with van der Waals surface area (Å²) in [6.07, 6.45) is 3.12. The maximum atomic E-state index is 14.6. The third-order valence-corrected chi connectivity index (χ3v) is 7.77. The predicted molar refractivity (Wildman–Crippen MR) is 131 cm³/mol. The van der Waals surface area contributed by atoms with Gasteiger partial charge in [-0.1, -0.05) is 6.92 Å². The van der Waals surface area contributed by atoms with Crippen LogP contribution in [0.1, 0.15) is 30.9 Å². The quantitative estimate of drug-likeness (QED) is 0.474. The molecule has 192 valence electrons. The number of carbonyl (C=O) groups is 1. The molecule has 5 aliphatic rings. The van der Waals surface area contributed by atoms with E-state index in [0.717, 1.165) is 23.4 Å². The lowest BCUT2D eigenvalue weighted by Crippen LogP contribution is -2.46. The van der Waals surface area contributed by atoms with Crippen LogP contribution in [-0.2, 0) is 35.1 Å². The first-order valence-corrected chi connectivity index (χ1v) is 12.2. The molecule has 0 saturated carbocycles. The zero-order chi connectivity index (χ0) is 26.8. The summed E-state index contributed by atoms with van der Waals surface area (Å²) in [7, 11) is 0. The molecule has 9 nitrogen and oxygen atoms in total. The number of esters is 1. The number of aliphatic hydroxyl groups is 1. The molecule has 0 bridgehead atoms. The monoisotopic (exact) mass is 516 g/mol. The second kappa shape index (κ2) is 8.55. The summed E-state index contributed by atoms with van der Waals surface area (Å²) in [5, 5.41) is 9.38. The summed E-state index contributed by atoms with van der Waals surface area (Å²) in [5.41, 5.74) is 2.79. The van der Waals surface area contributed by atoms with Gasteiger partial charge in [-0.15, -0.1) is 0 Å². The minimum Gasteiger partial charge on any atom is -0.478 e. The molecule has 1 N–H and O–H groups in total. The fourth-order valence-electron chi connectivity index (χ4n) is 6.23. The third kappa shape index (κ3) is 3.03. The molecule has 5 heterocycles. The van der Waals surface area contributed by atoms with Gasteiger partial charge in [-0.3, -0.25) is 0 Å². The Bertz CT molecular complexity index is 1580. The fraction of sp³-hybridized carbons (Fsp3) is 0.321. The standard InChI is InChI=1S/C28H21FN2O7/c1-2-28(38-25(36)13-35)20-8-21-26-18(10-32)17-7-16(29)6-15-4-3-5-30(27(15)17)22(26)9-31(21)23(11-33)19(20)14-37-24(28)12-34/h6-8,35H,2-5,9,13-14H2,1H3/t28-/m0/s1. The number of nitrogens with zero attached hydrogens (tertiary/aromatic N) is 2. The van der Waals surface area contributed by atoms with Gasteiger partial charge in [0.05, 0.1) is 23.5 Å². The number of carbonyl (C=O) groups excluding carboxylic acids is 4. The average Bonchev–Trinajstić information content (AvgIpc) is 3.31. The van der Waals surface area contributed by atoms with Crippen LogP contribution in [0.25, 0.3) is 5.57 Å². The molecule has 0 amide bonds. The molecule has 38 heavy (non-hydrogen) atoms. The number of anilines is 1. The van der Waals surface area contributed by atoms with Crippen LogP contribution in [0, 0.1) is 5.82 Å². The highest BCUT2D eigenvalue weighted by molar-refractivity contribution is 6.07. The van der Waals surface area contributed by atoms with Crippen molar-refractivity contribution in [3.05, 3.63) is 74.7 Å². The van der Waals surface area contributed by atoms with Crippen molar-refractivity contribution in [3.63, 3.8) is 0 Å². The van der Waals surface area contributed by atoms with Crippen molar-refractivity contribution in [2.75, 3.05) is 31.2 Å². The summed E-state index contributed by atoms with van der Waals surface area (Å²) >= 11 is 0. The van der Waals surface area contributed by atoms with Crippen LogP contribution in [0.5, 0.6) is 0 Å². The first-order valence-electron chi connectivity index (χ1n) is 12.2. The van der Waals surface area contributed by atoms with E-state index in [9.17, 15) is 28.7 Å². The summed E-state index contributed by atoms with van der Waals surface area (Å²) in [5.74, 6) is 3.90. The Morgan fingerprint density at radius 1 is 1.21 bits per heavy atom. The highest BCUT2D eigenvalue weighted by Crippen LogP contribution is 2.54. The van der Waals surface area contributed by atoms with Gasteiger partial charge in [0.15, 0.2) is 11.9 Å². The maximum absolute atomic E-state index is 14.6. The normalized spacial score (nSPS) is 22.9. The van der Waals surface area contributed by atoms with E-state index in [-0.39, 0.29) is 36.6 Å². The van der Waals surface area contributed by atoms with Crippen molar-refractivity contribution in [3.8, 4) is 0 Å². The van der Waals surface area contributed by atoms with E-state index in [2.05, 4.69) is 4.90 Å². The second-order valence-corrected chi connectivity index (χ2v) is 9.51. The Morgan fingerprint density at radius 3 is 2.71 bits per heavy atom. The van der Waals surface area contributed by atoms with Gasteiger partial charge in [0.25, 0.3) is 0 Å². The van der Waals surface area contributed by atoms with Crippen LogP contribution >= 0.6 is 0 Å². The number of aliphatic hydroxyl groups excluding tert-OH is 1. The zero-order valence-electron chi connectivity index (χ0n) is 20.4. The summed E-state index contributed by atoms with van der Waals surface area (Å²) in [6.45, 7) is 1.41. The van der Waals surface area contributed by atoms with Crippen molar-refractivity contribution in [1.29, 1.82) is 0 Å². The van der Waals surface area contributed by atoms with Gasteiger partial charge in [-0.05, 0) is 43.0 Å². The molecule has 0 aromatic heterocycles. The first kappa shape index (κ1) is 23.9. The largest absolute Gasteiger partial charge is 0.478 e. The highest BCUT2D eigenvalue weighted by Gasteiger charge is 2.52. The first-order chi connectivity index (χ1) is 18.4. The fourth-order valence-corrected chi connectivity index (χ4v) is 6.23. The number of aryl methyl sites for hydroxylation is 1. The topological polar surface area (TPSA) is 113 Å². The Labute approximate surface area is 216 Å². The van der Waals surface area contributed by atoms with Crippen molar-refractivity contribution in [2.45, 2.75) is 31.8 Å². The Morgan fingerprint density at radius 2 is 2.03 bits per heavy atom. The lowest BCUT2D eigenvalue weighted by molar-refractivity contribution is -0.160. The van der Waals surface area contributed by atoms with Crippen molar-refractivity contribution < 1.29 is 38.1 Å². The molecule has 0 spiro atoms. The van der Waals surface area contributed by atoms with Crippen molar-refractivity contribution in [1.82, 2.24) is 4.90 Å². The minimum atomic E-state index is -1.76. The SMILES string of the molecule is CC[C@@]1(OC(=O)CO)C(=C=O)OCC2=C1C=C1C3=C(CN1C2=C=O)N1CCCc2cc(F)cc(c21)C3=C=O. The maximum Gasteiger partial charge on any atom is 0.333 e. The van der Waals surface area contributed by atoms with Crippen LogP contribution in [0.3, 0.4) is 0 Å². The molecular weight excluding hydrogens is 495 g/mol. The van der Waals surface area contributed by atoms with Crippen LogP contribution < -0.4 is 4.90 Å². The molecule has 0 unspecified atom stereocenters. The van der Waals surface area contributed by atoms with E-state index in [0.29, 0.717) is 40.9 Å². The van der Waals surface area contributed by atoms with Gasteiger partial charge >= 0.3 is 5.97 Å². The molecule has 0 fully saturated rings. The van der Waals surface area contributed by atoms with Gasteiger partial charge in [0.2, 0.25) is 11.4 Å². The van der Waals surface area contributed by atoms with Gasteiger partial charge in [0, 0.05) is 34.5 Å². The number of allylic oxidation sites excluding steroid dienone is 1. The molecule has 0 aliphatic carbocycles. The molecule has 6 rings (SSSR count). The van der Waals surface area contributed by atoms with Crippen LogP contribution in [0.2, 0.25) is 0 Å². The smallest absolute Gasteiger partial charge is 0.333 e. The van der Waals surface area contributed by atoms with Crippen LogP contribution in [0.15, 0.2) is 57.8 Å². The number of fused-ring (bicyclic) bond motifs is 3. The van der Waals surface area contributed by atoms with Crippen molar-refractivity contribution in [2.24, 2.45) is 0 Å². The lowest BCUT2D eigenvalue weighted by atomic mass is 9.79. The third-order valence-electron chi connectivity index (χ3n) is 7.77. The lowest BCUT2D eigenvalue weighted by Gasteiger charge is -2.42. The van der Waals surface area contributed by atoms with Gasteiger partial charge in [-0.2, -0.15) is 0 Å². The summed E-state index contributed by atoms with van der Waals surface area (Å²) < 4.78 is 25.8. The van der Waals surface area contributed by atoms with E-state index in [4.69, 9.17) is 9.47 Å². The van der Waals surface area contributed by atoms with Crippen LogP contribution in [0.4, 0.5) is 10.1 Å². The van der Waals surface area contributed by atoms with E-state index < -0.39 is 24.0 Å². The molecule has 1 aromatic rings. The number of halogens is 1. The number of hydrogen-bond donors (Lipinski definition) is 1. The Balaban J connectivity index is 1.61. The van der Waals surface area contributed by atoms with E-state index in [1.807, 2.05) is 11.9 Å². The average molecular weight is 516 g/mol. The number of benzene rings is 1. The molecule has 0 radical (unpaired) electrons. The molecule has 0 saturated heterocycles. The second-order valence-electron chi connectivity index (χ2n) is 9.51. The molecular formula is C28H21FN2O7. The van der Waals surface area contributed by atoms with E-state index >= 15 is 0 Å². The van der Waals surface area contributed by atoms with Gasteiger partial charge < -0.3 is 24.4 Å². The van der Waals surface area contributed by atoms with E-state index in [1.54, 1.807) is 23.8 Å². The van der Waals surface area contributed by atoms with E-state index in [1.165, 1.54) is 12.1 Å². The van der Waals surface area contributed by atoms with Gasteiger partial charge in [0.1, 0.15) is 30.7 Å². The minimum absolute atomic E-state index is 0.0316. The predicted octanol–water partition coefficient (Wildman–Crippen LogP) is 1.72. The van der Waals surface area contributed by atoms with Gasteiger partial charge in [-0.25, -0.2) is 23.6 Å². The molecule has 10 heteroatoms. The molecule has 1 atom stereocenters. The number of hydrogen-bond acceptors (Lipinski definition) is 9. The zero-order valence-corrected chi connectivity index (χ0v) is 20.4. The Hall–Kier alpha value is -4.45. The summed E-state index contributed by atoms with van der Waals surface area (Å²) in [6, 6.07) is 2.79. The number of rotatable bonds is 3. The van der Waals surface area contributed by atoms with Crippen LogP contribution in [-0.4, -0.2) is 65.7 Å². The summed E-state index contributed by atoms with van der Waals surface area (Å²) in [4.78, 5) is 52.7. The number of ether oxygens (including phenoxy) is 2. The highest BCUT2D eigenvalue weighted by atomic mass is 19.1.